The molecule has 0 heterocycles. The zero-order valence-electron chi connectivity index (χ0n) is 13.3. The summed E-state index contributed by atoms with van der Waals surface area (Å²) in [5.74, 6) is 0. The molecule has 0 aliphatic carbocycles. The van der Waals surface area contributed by atoms with Gasteiger partial charge in [-0.1, -0.05) is 26.8 Å². The molecule has 0 aromatic carbocycles. The fourth-order valence-electron chi connectivity index (χ4n) is 1.50. The van der Waals surface area contributed by atoms with Crippen LogP contribution in [0, 0.1) is 0 Å². The zero-order chi connectivity index (χ0) is 14.2. The Bertz CT molecular complexity index is 233. The van der Waals surface area contributed by atoms with Crippen LogP contribution in [-0.4, -0.2) is 27.5 Å². The highest BCUT2D eigenvalue weighted by Crippen LogP contribution is 2.36. The summed E-state index contributed by atoms with van der Waals surface area (Å²) < 4.78 is 6.13. The van der Waals surface area contributed by atoms with Gasteiger partial charge in [0.1, 0.15) is 0 Å². The molecule has 0 rings (SSSR count). The first-order valence-corrected chi connectivity index (χ1v) is 10.1. The van der Waals surface area contributed by atoms with Crippen LogP contribution in [0.25, 0.3) is 0 Å². The van der Waals surface area contributed by atoms with Gasteiger partial charge in [0, 0.05) is 19.2 Å². The number of rotatable bonds is 9. The van der Waals surface area contributed by atoms with Crippen LogP contribution in [0.2, 0.25) is 18.1 Å². The normalized spacial score (nSPS) is 14.6. The standard InChI is InChI=1S/C15H33NOSi/c1-8-9-10-11-14(2)16-12-13-17-18(6,7)15(3,4)5/h8,14,16H,1,9-13H2,2-7H3. The molecular weight excluding hydrogens is 238 g/mol. The fraction of sp³-hybridized carbons (Fsp3) is 0.867. The highest BCUT2D eigenvalue weighted by atomic mass is 28.4. The Labute approximate surface area is 115 Å². The van der Waals surface area contributed by atoms with Gasteiger partial charge in [0.05, 0.1) is 0 Å². The van der Waals surface area contributed by atoms with Crippen LogP contribution in [0.4, 0.5) is 0 Å². The molecule has 0 aliphatic rings. The molecule has 0 bridgehead atoms. The van der Waals surface area contributed by atoms with Crippen molar-refractivity contribution in [1.29, 1.82) is 0 Å². The summed E-state index contributed by atoms with van der Waals surface area (Å²) in [4.78, 5) is 0. The molecule has 0 saturated carbocycles. The van der Waals surface area contributed by atoms with E-state index < -0.39 is 8.32 Å². The lowest BCUT2D eigenvalue weighted by Crippen LogP contribution is -2.43. The molecule has 0 saturated heterocycles. The highest BCUT2D eigenvalue weighted by Gasteiger charge is 2.36. The maximum Gasteiger partial charge on any atom is 0.192 e. The van der Waals surface area contributed by atoms with Crippen molar-refractivity contribution in [2.75, 3.05) is 13.2 Å². The van der Waals surface area contributed by atoms with Gasteiger partial charge in [-0.25, -0.2) is 0 Å². The predicted molar refractivity (Wildman–Crippen MR) is 84.7 cm³/mol. The first kappa shape index (κ1) is 17.9. The van der Waals surface area contributed by atoms with E-state index in [1.54, 1.807) is 0 Å². The molecule has 1 atom stereocenters. The van der Waals surface area contributed by atoms with Gasteiger partial charge in [-0.05, 0) is 44.3 Å². The van der Waals surface area contributed by atoms with Crippen molar-refractivity contribution in [2.24, 2.45) is 0 Å². The van der Waals surface area contributed by atoms with Gasteiger partial charge in [-0.15, -0.1) is 6.58 Å². The first-order valence-electron chi connectivity index (χ1n) is 7.19. The van der Waals surface area contributed by atoms with E-state index in [2.05, 4.69) is 52.7 Å². The molecule has 3 heteroatoms. The van der Waals surface area contributed by atoms with E-state index in [4.69, 9.17) is 4.43 Å². The first-order chi connectivity index (χ1) is 8.20. The third-order valence-electron chi connectivity index (χ3n) is 3.91. The fourth-order valence-corrected chi connectivity index (χ4v) is 2.54. The molecule has 1 N–H and O–H groups in total. The molecule has 0 fully saturated rings. The maximum absolute atomic E-state index is 6.13. The van der Waals surface area contributed by atoms with E-state index in [-0.39, 0.29) is 0 Å². The molecule has 1 unspecified atom stereocenters. The Balaban J connectivity index is 3.70. The molecule has 0 spiro atoms. The quantitative estimate of drug-likeness (QED) is 0.382. The van der Waals surface area contributed by atoms with E-state index in [9.17, 15) is 0 Å². The minimum absolute atomic E-state index is 0.308. The summed E-state index contributed by atoms with van der Waals surface area (Å²) in [5.41, 5.74) is 0. The van der Waals surface area contributed by atoms with Gasteiger partial charge in [0.25, 0.3) is 0 Å². The SMILES string of the molecule is C=CCCCC(C)NCCO[Si](C)(C)C(C)(C)C. The topological polar surface area (TPSA) is 21.3 Å². The second kappa shape index (κ2) is 8.13. The number of allylic oxidation sites excluding steroid dienone is 1. The number of unbranched alkanes of at least 4 members (excludes halogenated alkanes) is 1. The van der Waals surface area contributed by atoms with E-state index in [0.717, 1.165) is 19.6 Å². The van der Waals surface area contributed by atoms with Gasteiger partial charge < -0.3 is 9.74 Å². The Morgan fingerprint density at radius 2 is 1.94 bits per heavy atom. The van der Waals surface area contributed by atoms with Crippen LogP contribution in [0.5, 0.6) is 0 Å². The summed E-state index contributed by atoms with van der Waals surface area (Å²) in [5, 5.41) is 3.84. The summed E-state index contributed by atoms with van der Waals surface area (Å²) in [7, 11) is -1.56. The Morgan fingerprint density at radius 3 is 2.44 bits per heavy atom. The molecule has 0 amide bonds. The van der Waals surface area contributed by atoms with Gasteiger partial charge in [0.15, 0.2) is 8.32 Å². The molecule has 0 radical (unpaired) electrons. The van der Waals surface area contributed by atoms with Gasteiger partial charge in [0.2, 0.25) is 0 Å². The van der Waals surface area contributed by atoms with Crippen LogP contribution in [0.1, 0.15) is 47.0 Å². The molecular formula is C15H33NOSi. The van der Waals surface area contributed by atoms with E-state index in [1.807, 2.05) is 6.08 Å². The van der Waals surface area contributed by atoms with Crippen molar-refractivity contribution in [3.05, 3.63) is 12.7 Å². The van der Waals surface area contributed by atoms with Crippen molar-refractivity contribution in [2.45, 2.75) is 71.1 Å². The summed E-state index contributed by atoms with van der Waals surface area (Å²) in [6.45, 7) is 19.2. The number of hydrogen-bond donors (Lipinski definition) is 1. The monoisotopic (exact) mass is 271 g/mol. The smallest absolute Gasteiger partial charge is 0.192 e. The zero-order valence-corrected chi connectivity index (χ0v) is 14.3. The minimum atomic E-state index is -1.56. The Hall–Kier alpha value is -0.123. The lowest BCUT2D eigenvalue weighted by Gasteiger charge is -2.36. The number of hydrogen-bond acceptors (Lipinski definition) is 2. The summed E-state index contributed by atoms with van der Waals surface area (Å²) in [6.07, 6.45) is 5.55. The third-order valence-corrected chi connectivity index (χ3v) is 8.45. The largest absolute Gasteiger partial charge is 0.416 e. The van der Waals surface area contributed by atoms with Crippen molar-refractivity contribution in [3.63, 3.8) is 0 Å². The molecule has 0 aromatic rings. The van der Waals surface area contributed by atoms with Crippen LogP contribution >= 0.6 is 0 Å². The molecule has 0 aliphatic heterocycles. The van der Waals surface area contributed by atoms with Crippen LogP contribution in [0.3, 0.4) is 0 Å². The Kier molecular flexibility index (Phi) is 8.07. The molecule has 0 aromatic heterocycles. The van der Waals surface area contributed by atoms with Gasteiger partial charge in [-0.3, -0.25) is 0 Å². The van der Waals surface area contributed by atoms with Crippen LogP contribution < -0.4 is 5.32 Å². The minimum Gasteiger partial charge on any atom is -0.416 e. The average molecular weight is 272 g/mol. The lowest BCUT2D eigenvalue weighted by molar-refractivity contribution is 0.279. The maximum atomic E-state index is 6.13. The second-order valence-electron chi connectivity index (χ2n) is 6.68. The Morgan fingerprint density at radius 1 is 1.33 bits per heavy atom. The van der Waals surface area contributed by atoms with E-state index >= 15 is 0 Å². The van der Waals surface area contributed by atoms with Crippen molar-refractivity contribution >= 4 is 8.32 Å². The van der Waals surface area contributed by atoms with E-state index in [1.165, 1.54) is 12.8 Å². The summed E-state index contributed by atoms with van der Waals surface area (Å²) in [6, 6.07) is 0.577. The summed E-state index contributed by atoms with van der Waals surface area (Å²) >= 11 is 0. The second-order valence-corrected chi connectivity index (χ2v) is 11.5. The van der Waals surface area contributed by atoms with Gasteiger partial charge in [-0.2, -0.15) is 0 Å². The third kappa shape index (κ3) is 7.34. The van der Waals surface area contributed by atoms with E-state index in [0.29, 0.717) is 11.1 Å². The average Bonchev–Trinajstić information content (AvgIpc) is 2.23. The van der Waals surface area contributed by atoms with Crippen LogP contribution in [-0.2, 0) is 4.43 Å². The van der Waals surface area contributed by atoms with Gasteiger partial charge >= 0.3 is 0 Å². The predicted octanol–water partition coefficient (Wildman–Crippen LogP) is 4.34. The highest BCUT2D eigenvalue weighted by molar-refractivity contribution is 6.74. The van der Waals surface area contributed by atoms with Crippen molar-refractivity contribution < 1.29 is 4.43 Å². The van der Waals surface area contributed by atoms with Crippen LogP contribution in [0.15, 0.2) is 12.7 Å². The number of nitrogens with one attached hydrogen (secondary N) is 1. The molecule has 18 heavy (non-hydrogen) atoms. The van der Waals surface area contributed by atoms with Crippen molar-refractivity contribution in [1.82, 2.24) is 5.32 Å². The van der Waals surface area contributed by atoms with Crippen molar-refractivity contribution in [3.8, 4) is 0 Å². The molecule has 2 nitrogen and oxygen atoms in total. The molecule has 108 valence electrons. The lowest BCUT2D eigenvalue weighted by atomic mass is 10.1.